The summed E-state index contributed by atoms with van der Waals surface area (Å²) in [5.74, 6) is 1.90. The lowest BCUT2D eigenvalue weighted by atomic mass is 9.88. The molecule has 0 atom stereocenters. The third-order valence-corrected chi connectivity index (χ3v) is 8.50. The summed E-state index contributed by atoms with van der Waals surface area (Å²) in [6.07, 6.45) is 3.81. The molecule has 7 heteroatoms. The number of allylic oxidation sites excluding steroid dienone is 1. The van der Waals surface area contributed by atoms with Crippen molar-refractivity contribution in [2.45, 2.75) is 0 Å². The number of nitrogens with zero attached hydrogens (tertiary/aromatic N) is 5. The summed E-state index contributed by atoms with van der Waals surface area (Å²) in [6, 6.07) is 44.6. The Morgan fingerprint density at radius 3 is 1.49 bits per heavy atom. The minimum atomic E-state index is 0.346. The lowest BCUT2D eigenvalue weighted by Crippen LogP contribution is -2.18. The molecule has 1 aliphatic carbocycles. The maximum absolute atomic E-state index is 8.83. The van der Waals surface area contributed by atoms with Gasteiger partial charge >= 0.3 is 0 Å². The van der Waals surface area contributed by atoms with Crippen molar-refractivity contribution in [3.8, 4) is 56.5 Å². The van der Waals surface area contributed by atoms with Crippen LogP contribution in [0.1, 0.15) is 11.1 Å². The first-order valence-electron chi connectivity index (χ1n) is 15.2. The maximum atomic E-state index is 8.83. The highest BCUT2D eigenvalue weighted by Gasteiger charge is 2.23. The van der Waals surface area contributed by atoms with Gasteiger partial charge in [0.15, 0.2) is 17.5 Å². The highest BCUT2D eigenvalue weighted by molar-refractivity contribution is 7.79. The summed E-state index contributed by atoms with van der Waals surface area (Å²) < 4.78 is 4.01. The summed E-state index contributed by atoms with van der Waals surface area (Å²) in [4.78, 5) is 19.5. The second kappa shape index (κ2) is 12.0. The number of para-hydroxylation sites is 1. The smallest absolute Gasteiger partial charge is 0.164 e. The third-order valence-electron chi connectivity index (χ3n) is 8.29. The van der Waals surface area contributed by atoms with Gasteiger partial charge in [0, 0.05) is 38.8 Å². The van der Waals surface area contributed by atoms with E-state index in [1.54, 1.807) is 0 Å². The molecule has 0 aliphatic heterocycles. The summed E-state index contributed by atoms with van der Waals surface area (Å²) in [5, 5.41) is 9.76. The second-order valence-corrected chi connectivity index (χ2v) is 11.4. The van der Waals surface area contributed by atoms with Crippen molar-refractivity contribution in [1.29, 1.82) is 5.41 Å². The van der Waals surface area contributed by atoms with Crippen LogP contribution in [0, 0.1) is 5.41 Å². The van der Waals surface area contributed by atoms with Gasteiger partial charge in [-0.1, -0.05) is 127 Å². The van der Waals surface area contributed by atoms with Crippen LogP contribution in [0.4, 0.5) is 0 Å². The molecule has 1 N–H and O–H groups in total. The van der Waals surface area contributed by atoms with Crippen LogP contribution in [0.2, 0.25) is 0 Å². The average Bonchev–Trinajstić information content (AvgIpc) is 3.15. The third kappa shape index (κ3) is 5.32. The maximum Gasteiger partial charge on any atom is 0.164 e. The SMILES string of the molecule is N=C1/C(=N\S)C=Cc2c(-c3ccc(-c4ccc(-c5nc(-c6ccccc6)nc(-c6ccccc6)n5)cc4)cc3)nc3ccccc3c21. The van der Waals surface area contributed by atoms with Crippen molar-refractivity contribution in [2.24, 2.45) is 4.40 Å². The number of nitrogens with one attached hydrogen (secondary N) is 1. The molecule has 1 aliphatic rings. The van der Waals surface area contributed by atoms with E-state index in [1.807, 2.05) is 97.1 Å². The summed E-state index contributed by atoms with van der Waals surface area (Å²) >= 11 is 4.09. The van der Waals surface area contributed by atoms with Crippen LogP contribution in [-0.2, 0) is 0 Å². The van der Waals surface area contributed by atoms with Crippen LogP contribution in [0.25, 0.3) is 73.5 Å². The number of rotatable bonds is 5. The number of thiol groups is 1. The minimum Gasteiger partial charge on any atom is -0.298 e. The second-order valence-electron chi connectivity index (χ2n) is 11.2. The molecule has 0 radical (unpaired) electrons. The number of benzene rings is 5. The van der Waals surface area contributed by atoms with Crippen molar-refractivity contribution >= 4 is 41.2 Å². The van der Waals surface area contributed by atoms with Gasteiger partial charge in [0.2, 0.25) is 0 Å². The fourth-order valence-electron chi connectivity index (χ4n) is 5.91. The molecule has 0 fully saturated rings. The van der Waals surface area contributed by atoms with Gasteiger partial charge in [0.25, 0.3) is 0 Å². The van der Waals surface area contributed by atoms with E-state index < -0.39 is 0 Å². The zero-order valence-corrected chi connectivity index (χ0v) is 25.9. The van der Waals surface area contributed by atoms with Crippen LogP contribution in [0.15, 0.2) is 144 Å². The minimum absolute atomic E-state index is 0.346. The monoisotopic (exact) mass is 622 g/mol. The van der Waals surface area contributed by atoms with E-state index in [-0.39, 0.29) is 0 Å². The van der Waals surface area contributed by atoms with E-state index in [4.69, 9.17) is 25.3 Å². The number of aromatic nitrogens is 4. The fourth-order valence-corrected chi connectivity index (χ4v) is 6.07. The molecule has 0 bridgehead atoms. The summed E-state index contributed by atoms with van der Waals surface area (Å²) in [6.45, 7) is 0. The van der Waals surface area contributed by atoms with E-state index in [0.717, 1.165) is 61.1 Å². The molecule has 6 nitrogen and oxygen atoms in total. The van der Waals surface area contributed by atoms with Crippen molar-refractivity contribution in [3.05, 3.63) is 151 Å². The Bertz CT molecular complexity index is 2290. The van der Waals surface area contributed by atoms with Gasteiger partial charge in [-0.05, 0) is 42.2 Å². The molecule has 2 heterocycles. The Labute approximate surface area is 277 Å². The Balaban J connectivity index is 1.14. The first kappa shape index (κ1) is 28.4. The molecule has 7 aromatic rings. The molecule has 222 valence electrons. The molecule has 0 amide bonds. The van der Waals surface area contributed by atoms with Gasteiger partial charge in [-0.15, -0.1) is 0 Å². The van der Waals surface area contributed by atoms with Crippen molar-refractivity contribution in [2.75, 3.05) is 0 Å². The van der Waals surface area contributed by atoms with E-state index >= 15 is 0 Å². The van der Waals surface area contributed by atoms with Gasteiger partial charge in [-0.25, -0.2) is 24.3 Å². The van der Waals surface area contributed by atoms with Gasteiger partial charge in [0.05, 0.1) is 22.6 Å². The Kier molecular flexibility index (Phi) is 7.28. The summed E-state index contributed by atoms with van der Waals surface area (Å²) in [7, 11) is 0. The summed E-state index contributed by atoms with van der Waals surface area (Å²) in [5.41, 5.74) is 10.2. The first-order valence-corrected chi connectivity index (χ1v) is 15.6. The van der Waals surface area contributed by atoms with Crippen LogP contribution >= 0.6 is 12.8 Å². The topological polar surface area (TPSA) is 87.8 Å². The normalized spacial score (nSPS) is 13.2. The predicted octanol–water partition coefficient (Wildman–Crippen LogP) is 9.44. The molecule has 5 aromatic carbocycles. The van der Waals surface area contributed by atoms with Crippen LogP contribution < -0.4 is 0 Å². The highest BCUT2D eigenvalue weighted by atomic mass is 32.1. The van der Waals surface area contributed by atoms with Gasteiger partial charge < -0.3 is 0 Å². The quantitative estimate of drug-likeness (QED) is 0.187. The molecule has 0 saturated carbocycles. The molecule has 47 heavy (non-hydrogen) atoms. The standard InChI is InChI=1S/C40H26N6S/c41-36-34(46-47)24-23-32-35(36)31-13-7-8-14-33(31)42-37(32)27-19-15-25(16-20-27)26-17-21-30(22-18-26)40-44-38(28-9-3-1-4-10-28)43-39(45-40)29-11-5-2-6-12-29/h1-24,41,47H/b41-36?,46-34-. The molecular weight excluding hydrogens is 597 g/mol. The van der Waals surface area contributed by atoms with Gasteiger partial charge in [-0.2, -0.15) is 0 Å². The number of hydrogen-bond acceptors (Lipinski definition) is 7. The van der Waals surface area contributed by atoms with Crippen LogP contribution in [0.5, 0.6) is 0 Å². The molecule has 0 unspecified atom stereocenters. The first-order chi connectivity index (χ1) is 23.2. The van der Waals surface area contributed by atoms with Gasteiger partial charge in [-0.3, -0.25) is 5.41 Å². The van der Waals surface area contributed by atoms with E-state index in [9.17, 15) is 0 Å². The molecule has 0 saturated heterocycles. The van der Waals surface area contributed by atoms with Gasteiger partial charge in [0.1, 0.15) is 0 Å². The highest BCUT2D eigenvalue weighted by Crippen LogP contribution is 2.35. The van der Waals surface area contributed by atoms with E-state index in [2.05, 4.69) is 65.7 Å². The molecule has 2 aromatic heterocycles. The Hall–Kier alpha value is -6.05. The lowest BCUT2D eigenvalue weighted by Gasteiger charge is -2.19. The fraction of sp³-hybridized carbons (Fsp3) is 0. The number of pyridine rings is 1. The Morgan fingerprint density at radius 2 is 0.936 bits per heavy atom. The average molecular weight is 623 g/mol. The number of hydrogen-bond donors (Lipinski definition) is 2. The predicted molar refractivity (Wildman–Crippen MR) is 195 cm³/mol. The number of fused-ring (bicyclic) bond motifs is 3. The zero-order valence-electron chi connectivity index (χ0n) is 25.0. The van der Waals surface area contributed by atoms with Crippen LogP contribution in [0.3, 0.4) is 0 Å². The lowest BCUT2D eigenvalue weighted by molar-refractivity contribution is 1.07. The van der Waals surface area contributed by atoms with Crippen molar-refractivity contribution in [1.82, 2.24) is 19.9 Å². The molecular formula is C40H26N6S. The zero-order chi connectivity index (χ0) is 31.7. The van der Waals surface area contributed by atoms with Crippen molar-refractivity contribution in [3.63, 3.8) is 0 Å². The Morgan fingerprint density at radius 1 is 0.468 bits per heavy atom. The van der Waals surface area contributed by atoms with Crippen LogP contribution in [-0.4, -0.2) is 31.4 Å². The van der Waals surface area contributed by atoms with Crippen molar-refractivity contribution < 1.29 is 0 Å². The molecule has 0 spiro atoms. The largest absolute Gasteiger partial charge is 0.298 e. The van der Waals surface area contributed by atoms with E-state index in [1.165, 1.54) is 0 Å². The molecule has 8 rings (SSSR count). The van der Waals surface area contributed by atoms with E-state index in [0.29, 0.717) is 28.9 Å².